The quantitative estimate of drug-likeness (QED) is 0.941. The van der Waals surface area contributed by atoms with Crippen molar-refractivity contribution in [2.24, 2.45) is 0 Å². The number of hydrogen-bond donors (Lipinski definition) is 1. The highest BCUT2D eigenvalue weighted by Crippen LogP contribution is 2.38. The van der Waals surface area contributed by atoms with Crippen LogP contribution in [0.2, 0.25) is 5.02 Å². The van der Waals surface area contributed by atoms with Crippen molar-refractivity contribution >= 4 is 23.2 Å². The minimum Gasteiger partial charge on any atom is -0.324 e. The molecule has 0 bridgehead atoms. The Labute approximate surface area is 130 Å². The number of amides is 1. The van der Waals surface area contributed by atoms with Crippen molar-refractivity contribution in [1.82, 2.24) is 9.78 Å². The van der Waals surface area contributed by atoms with Gasteiger partial charge in [0.25, 0.3) is 5.56 Å². The van der Waals surface area contributed by atoms with E-state index in [1.54, 1.807) is 6.07 Å². The van der Waals surface area contributed by atoms with Gasteiger partial charge < -0.3 is 5.32 Å². The summed E-state index contributed by atoms with van der Waals surface area (Å²) in [7, 11) is 0. The molecule has 1 fully saturated rings. The zero-order valence-electron chi connectivity index (χ0n) is 11.6. The zero-order chi connectivity index (χ0) is 15.7. The first-order chi connectivity index (χ1) is 10.5. The fourth-order valence-corrected chi connectivity index (χ4v) is 2.27. The summed E-state index contributed by atoms with van der Waals surface area (Å²) in [6.45, 7) is -0.200. The van der Waals surface area contributed by atoms with E-state index < -0.39 is 11.7 Å². The van der Waals surface area contributed by atoms with Gasteiger partial charge in [0.2, 0.25) is 5.91 Å². The largest absolute Gasteiger partial charge is 0.324 e. The number of halogens is 2. The van der Waals surface area contributed by atoms with Crippen LogP contribution in [-0.4, -0.2) is 15.7 Å². The third-order valence-corrected chi connectivity index (χ3v) is 3.67. The van der Waals surface area contributed by atoms with Crippen molar-refractivity contribution in [3.63, 3.8) is 0 Å². The molecule has 22 heavy (non-hydrogen) atoms. The van der Waals surface area contributed by atoms with Crippen LogP contribution in [0.4, 0.5) is 10.1 Å². The van der Waals surface area contributed by atoms with E-state index in [4.69, 9.17) is 11.6 Å². The van der Waals surface area contributed by atoms with Crippen LogP contribution in [0.1, 0.15) is 24.5 Å². The Morgan fingerprint density at radius 1 is 1.36 bits per heavy atom. The summed E-state index contributed by atoms with van der Waals surface area (Å²) in [6.07, 6.45) is 2.12. The van der Waals surface area contributed by atoms with Crippen molar-refractivity contribution in [2.75, 3.05) is 5.32 Å². The van der Waals surface area contributed by atoms with E-state index in [1.807, 2.05) is 0 Å². The van der Waals surface area contributed by atoms with Crippen molar-refractivity contribution < 1.29 is 9.18 Å². The number of rotatable bonds is 4. The van der Waals surface area contributed by atoms with E-state index in [-0.39, 0.29) is 17.1 Å². The second-order valence-corrected chi connectivity index (χ2v) is 5.61. The molecule has 7 heteroatoms. The van der Waals surface area contributed by atoms with Crippen LogP contribution in [0, 0.1) is 5.82 Å². The minimum atomic E-state index is -0.560. The third-order valence-electron chi connectivity index (χ3n) is 3.38. The highest BCUT2D eigenvalue weighted by atomic mass is 35.5. The van der Waals surface area contributed by atoms with Crippen LogP contribution in [0.3, 0.4) is 0 Å². The average molecular weight is 322 g/mol. The molecule has 1 amide bonds. The Morgan fingerprint density at radius 2 is 2.14 bits per heavy atom. The monoisotopic (exact) mass is 321 g/mol. The van der Waals surface area contributed by atoms with Crippen molar-refractivity contribution in [3.8, 4) is 0 Å². The molecule has 2 aromatic rings. The van der Waals surface area contributed by atoms with Gasteiger partial charge in [0, 0.05) is 17.7 Å². The van der Waals surface area contributed by atoms with E-state index in [1.165, 1.54) is 18.2 Å². The third kappa shape index (κ3) is 3.33. The van der Waals surface area contributed by atoms with Crippen LogP contribution < -0.4 is 10.9 Å². The van der Waals surface area contributed by atoms with Crippen LogP contribution in [0.5, 0.6) is 0 Å². The maximum atomic E-state index is 13.1. The van der Waals surface area contributed by atoms with Gasteiger partial charge >= 0.3 is 0 Å². The number of benzene rings is 1. The lowest BCUT2D eigenvalue weighted by Crippen LogP contribution is -2.29. The molecule has 0 aliphatic heterocycles. The molecule has 0 spiro atoms. The van der Waals surface area contributed by atoms with Gasteiger partial charge in [-0.3, -0.25) is 9.59 Å². The zero-order valence-corrected chi connectivity index (χ0v) is 12.3. The Morgan fingerprint density at radius 3 is 2.82 bits per heavy atom. The number of carbonyl (C=O) groups excluding carboxylic acids is 1. The second kappa shape index (κ2) is 5.88. The molecule has 0 radical (unpaired) electrons. The molecular formula is C15H13ClFN3O2. The standard InChI is InChI=1S/C15H13ClFN3O2/c16-11-7-10(3-4-12(11)17)18-14(21)8-20-15(22)6-5-13(19-20)9-1-2-9/h3-7,9H,1-2,8H2,(H,18,21). The average Bonchev–Trinajstić information content (AvgIpc) is 3.30. The molecule has 1 aliphatic rings. The van der Waals surface area contributed by atoms with Gasteiger partial charge in [0.15, 0.2) is 0 Å². The highest BCUT2D eigenvalue weighted by Gasteiger charge is 2.25. The molecule has 0 unspecified atom stereocenters. The first kappa shape index (κ1) is 14.7. The summed E-state index contributed by atoms with van der Waals surface area (Å²) in [5, 5.41) is 6.69. The molecular weight excluding hydrogens is 309 g/mol. The molecule has 1 aromatic heterocycles. The maximum Gasteiger partial charge on any atom is 0.267 e. The van der Waals surface area contributed by atoms with Crippen LogP contribution in [-0.2, 0) is 11.3 Å². The van der Waals surface area contributed by atoms with Crippen molar-refractivity contribution in [1.29, 1.82) is 0 Å². The number of aromatic nitrogens is 2. The molecule has 1 N–H and O–H groups in total. The number of anilines is 1. The lowest BCUT2D eigenvalue weighted by atomic mass is 10.3. The summed E-state index contributed by atoms with van der Waals surface area (Å²) in [4.78, 5) is 23.7. The number of hydrogen-bond acceptors (Lipinski definition) is 3. The molecule has 1 saturated carbocycles. The van der Waals surface area contributed by atoms with Gasteiger partial charge in [-0.05, 0) is 37.1 Å². The molecule has 114 valence electrons. The van der Waals surface area contributed by atoms with Crippen LogP contribution in [0.25, 0.3) is 0 Å². The van der Waals surface area contributed by atoms with Gasteiger partial charge in [-0.15, -0.1) is 0 Å². The predicted molar refractivity (Wildman–Crippen MR) is 80.5 cm³/mol. The molecule has 1 heterocycles. The summed E-state index contributed by atoms with van der Waals surface area (Å²) in [5.41, 5.74) is 0.858. The minimum absolute atomic E-state index is 0.0798. The fraction of sp³-hybridized carbons (Fsp3) is 0.267. The first-order valence-corrected chi connectivity index (χ1v) is 7.24. The second-order valence-electron chi connectivity index (χ2n) is 5.21. The normalized spacial score (nSPS) is 13.9. The maximum absolute atomic E-state index is 13.1. The molecule has 1 aliphatic carbocycles. The Balaban J connectivity index is 1.72. The van der Waals surface area contributed by atoms with E-state index >= 15 is 0 Å². The van der Waals surface area contributed by atoms with Crippen molar-refractivity contribution in [2.45, 2.75) is 25.3 Å². The van der Waals surface area contributed by atoms with Gasteiger partial charge in [-0.2, -0.15) is 5.10 Å². The van der Waals surface area contributed by atoms with Gasteiger partial charge in [0.05, 0.1) is 10.7 Å². The van der Waals surface area contributed by atoms with Crippen LogP contribution >= 0.6 is 11.6 Å². The highest BCUT2D eigenvalue weighted by molar-refractivity contribution is 6.31. The van der Waals surface area contributed by atoms with Gasteiger partial charge in [-0.25, -0.2) is 9.07 Å². The Hall–Kier alpha value is -2.21. The number of nitrogens with one attached hydrogen (secondary N) is 1. The lowest BCUT2D eigenvalue weighted by molar-refractivity contribution is -0.117. The number of nitrogens with zero attached hydrogens (tertiary/aromatic N) is 2. The van der Waals surface area contributed by atoms with Crippen LogP contribution in [0.15, 0.2) is 35.1 Å². The lowest BCUT2D eigenvalue weighted by Gasteiger charge is -2.08. The van der Waals surface area contributed by atoms with E-state index in [2.05, 4.69) is 10.4 Å². The Bertz CT molecular complexity index is 787. The van der Waals surface area contributed by atoms with Gasteiger partial charge in [0.1, 0.15) is 12.4 Å². The fourth-order valence-electron chi connectivity index (χ4n) is 2.09. The molecule has 0 atom stereocenters. The molecule has 5 nitrogen and oxygen atoms in total. The molecule has 0 saturated heterocycles. The Kier molecular flexibility index (Phi) is 3.94. The number of carbonyl (C=O) groups is 1. The summed E-state index contributed by atoms with van der Waals surface area (Å²) >= 11 is 5.65. The smallest absolute Gasteiger partial charge is 0.267 e. The topological polar surface area (TPSA) is 64.0 Å². The van der Waals surface area contributed by atoms with E-state index in [9.17, 15) is 14.0 Å². The SMILES string of the molecule is O=C(Cn1nc(C2CC2)ccc1=O)Nc1ccc(F)c(Cl)c1. The van der Waals surface area contributed by atoms with E-state index in [0.29, 0.717) is 11.6 Å². The van der Waals surface area contributed by atoms with Gasteiger partial charge in [-0.1, -0.05) is 11.6 Å². The summed E-state index contributed by atoms with van der Waals surface area (Å²) < 4.78 is 14.2. The molecule has 1 aromatic carbocycles. The van der Waals surface area contributed by atoms with Crippen molar-refractivity contribution in [3.05, 3.63) is 57.2 Å². The van der Waals surface area contributed by atoms with E-state index in [0.717, 1.165) is 29.3 Å². The first-order valence-electron chi connectivity index (χ1n) is 6.86. The summed E-state index contributed by atoms with van der Waals surface area (Å²) in [6, 6.07) is 6.99. The summed E-state index contributed by atoms with van der Waals surface area (Å²) in [5.74, 6) is -0.592. The predicted octanol–water partition coefficient (Wildman–Crippen LogP) is 2.55. The molecule has 3 rings (SSSR count).